The Morgan fingerprint density at radius 1 is 1.04 bits per heavy atom. The van der Waals surface area contributed by atoms with E-state index in [1.807, 2.05) is 35.2 Å². The fourth-order valence-electron chi connectivity index (χ4n) is 3.92. The molecule has 2 aromatic carbocycles. The number of ether oxygens (including phenoxy) is 1. The highest BCUT2D eigenvalue weighted by Gasteiger charge is 2.50. The molecule has 0 spiro atoms. The largest absolute Gasteiger partial charge is 0.447 e. The minimum Gasteiger partial charge on any atom is -0.447 e. The molecule has 5 heteroatoms. The summed E-state index contributed by atoms with van der Waals surface area (Å²) in [5.41, 5.74) is 1.50. The van der Waals surface area contributed by atoms with Gasteiger partial charge in [-0.05, 0) is 11.6 Å². The molecule has 0 saturated carbocycles. The Morgan fingerprint density at radius 3 is 2.60 bits per heavy atom. The number of benzene rings is 2. The molecule has 0 bridgehead atoms. The maximum atomic E-state index is 14.0. The Morgan fingerprint density at radius 2 is 1.80 bits per heavy atom. The Hall–Kier alpha value is -2.40. The van der Waals surface area contributed by atoms with Crippen molar-refractivity contribution in [1.29, 1.82) is 0 Å². The molecule has 0 N–H and O–H groups in total. The first-order valence-electron chi connectivity index (χ1n) is 8.60. The van der Waals surface area contributed by atoms with Crippen molar-refractivity contribution in [2.75, 3.05) is 26.2 Å². The first kappa shape index (κ1) is 16.1. The van der Waals surface area contributed by atoms with Crippen LogP contribution in [-0.4, -0.2) is 47.7 Å². The summed E-state index contributed by atoms with van der Waals surface area (Å²) in [4.78, 5) is 16.2. The number of piperazine rings is 1. The normalized spacial score (nSPS) is 23.4. The molecule has 130 valence electrons. The van der Waals surface area contributed by atoms with Gasteiger partial charge in [0.2, 0.25) is 0 Å². The summed E-state index contributed by atoms with van der Waals surface area (Å²) in [6, 6.07) is 17.0. The van der Waals surface area contributed by atoms with Crippen LogP contribution in [0.1, 0.15) is 11.1 Å². The van der Waals surface area contributed by atoms with Gasteiger partial charge in [0.1, 0.15) is 12.4 Å². The summed E-state index contributed by atoms with van der Waals surface area (Å²) in [6.07, 6.45) is 0.509. The topological polar surface area (TPSA) is 32.8 Å². The average molecular weight is 340 g/mol. The number of carbonyl (C=O) groups excluding carboxylic acids is 1. The number of carbonyl (C=O) groups is 1. The molecule has 2 aliphatic rings. The molecule has 2 aliphatic heterocycles. The Kier molecular flexibility index (Phi) is 4.17. The zero-order valence-electron chi connectivity index (χ0n) is 14.0. The van der Waals surface area contributed by atoms with Crippen LogP contribution in [0.15, 0.2) is 54.6 Å². The van der Waals surface area contributed by atoms with Crippen LogP contribution in [0.5, 0.6) is 0 Å². The maximum Gasteiger partial charge on any atom is 0.410 e. The highest BCUT2D eigenvalue weighted by molar-refractivity contribution is 5.71. The molecule has 1 unspecified atom stereocenters. The highest BCUT2D eigenvalue weighted by Crippen LogP contribution is 2.33. The van der Waals surface area contributed by atoms with Gasteiger partial charge in [-0.1, -0.05) is 48.5 Å². The molecule has 2 fully saturated rings. The van der Waals surface area contributed by atoms with Crippen LogP contribution in [-0.2, 0) is 17.7 Å². The van der Waals surface area contributed by atoms with Crippen molar-refractivity contribution in [1.82, 2.24) is 9.80 Å². The van der Waals surface area contributed by atoms with Gasteiger partial charge in [-0.15, -0.1) is 0 Å². The maximum absolute atomic E-state index is 14.0. The third kappa shape index (κ3) is 3.12. The molecule has 2 aromatic rings. The number of hydrogen-bond donors (Lipinski definition) is 0. The molecule has 0 aliphatic carbocycles. The zero-order chi connectivity index (χ0) is 17.3. The van der Waals surface area contributed by atoms with Crippen molar-refractivity contribution in [3.63, 3.8) is 0 Å². The van der Waals surface area contributed by atoms with Crippen LogP contribution in [0.2, 0.25) is 0 Å². The monoisotopic (exact) mass is 340 g/mol. The second-order valence-electron chi connectivity index (χ2n) is 6.90. The fraction of sp³-hybridized carbons (Fsp3) is 0.350. The first-order valence-corrected chi connectivity index (χ1v) is 8.60. The minimum atomic E-state index is -0.373. The fourth-order valence-corrected chi connectivity index (χ4v) is 3.92. The van der Waals surface area contributed by atoms with Crippen LogP contribution >= 0.6 is 0 Å². The number of hydrogen-bond acceptors (Lipinski definition) is 3. The second-order valence-corrected chi connectivity index (χ2v) is 6.90. The molecule has 1 atom stereocenters. The van der Waals surface area contributed by atoms with Crippen molar-refractivity contribution in [2.45, 2.75) is 18.5 Å². The Labute approximate surface area is 146 Å². The van der Waals surface area contributed by atoms with E-state index in [4.69, 9.17) is 4.74 Å². The number of cyclic esters (lactones) is 1. The van der Waals surface area contributed by atoms with E-state index in [2.05, 4.69) is 17.0 Å². The number of halogens is 1. The van der Waals surface area contributed by atoms with Crippen molar-refractivity contribution < 1.29 is 13.9 Å². The quantitative estimate of drug-likeness (QED) is 0.857. The number of amides is 1. The summed E-state index contributed by atoms with van der Waals surface area (Å²) in [5, 5.41) is 0. The van der Waals surface area contributed by atoms with Gasteiger partial charge >= 0.3 is 6.09 Å². The van der Waals surface area contributed by atoms with Crippen LogP contribution in [0.25, 0.3) is 0 Å². The van der Waals surface area contributed by atoms with Gasteiger partial charge in [-0.25, -0.2) is 9.18 Å². The summed E-state index contributed by atoms with van der Waals surface area (Å²) in [5.74, 6) is -0.180. The molecule has 0 aromatic heterocycles. The first-order chi connectivity index (χ1) is 12.2. The minimum absolute atomic E-state index is 0.180. The van der Waals surface area contributed by atoms with Crippen LogP contribution in [0.4, 0.5) is 9.18 Å². The molecular formula is C20H21FN2O2. The van der Waals surface area contributed by atoms with Gasteiger partial charge in [-0.2, -0.15) is 0 Å². The van der Waals surface area contributed by atoms with Crippen molar-refractivity contribution in [3.05, 3.63) is 71.5 Å². The Bertz CT molecular complexity index is 767. The molecule has 4 nitrogen and oxygen atoms in total. The van der Waals surface area contributed by atoms with Crippen LogP contribution in [0.3, 0.4) is 0 Å². The van der Waals surface area contributed by atoms with Gasteiger partial charge in [0.05, 0.1) is 5.54 Å². The summed E-state index contributed by atoms with van der Waals surface area (Å²) in [6.45, 7) is 2.95. The van der Waals surface area contributed by atoms with Crippen LogP contribution in [0, 0.1) is 5.82 Å². The number of fused-ring (bicyclic) bond motifs is 1. The lowest BCUT2D eigenvalue weighted by Crippen LogP contribution is -2.62. The number of rotatable bonds is 4. The number of nitrogens with zero attached hydrogens (tertiary/aromatic N) is 2. The molecular weight excluding hydrogens is 319 g/mol. The SMILES string of the molecule is O=C1OCC2(Cc3ccccc3)CN(Cc3ccccc3F)CCN12. The molecule has 1 amide bonds. The van der Waals surface area contributed by atoms with E-state index in [0.29, 0.717) is 31.8 Å². The van der Waals surface area contributed by atoms with Gasteiger partial charge in [0, 0.05) is 38.2 Å². The summed E-state index contributed by atoms with van der Waals surface area (Å²) in [7, 11) is 0. The van der Waals surface area contributed by atoms with Crippen molar-refractivity contribution in [3.8, 4) is 0 Å². The van der Waals surface area contributed by atoms with E-state index < -0.39 is 0 Å². The van der Waals surface area contributed by atoms with Gasteiger partial charge in [0.15, 0.2) is 0 Å². The van der Waals surface area contributed by atoms with Gasteiger partial charge in [-0.3, -0.25) is 9.80 Å². The smallest absolute Gasteiger partial charge is 0.410 e. The van der Waals surface area contributed by atoms with E-state index in [0.717, 1.165) is 13.0 Å². The van der Waals surface area contributed by atoms with Crippen molar-refractivity contribution >= 4 is 6.09 Å². The lowest BCUT2D eigenvalue weighted by molar-refractivity contribution is 0.0471. The lowest BCUT2D eigenvalue weighted by Gasteiger charge is -2.45. The molecule has 25 heavy (non-hydrogen) atoms. The second kappa shape index (κ2) is 6.48. The molecule has 2 saturated heterocycles. The average Bonchev–Trinajstić information content (AvgIpc) is 2.94. The predicted molar refractivity (Wildman–Crippen MR) is 92.6 cm³/mol. The third-order valence-corrected chi connectivity index (χ3v) is 5.14. The van der Waals surface area contributed by atoms with E-state index in [1.54, 1.807) is 6.07 Å². The van der Waals surface area contributed by atoms with E-state index in [1.165, 1.54) is 11.6 Å². The van der Waals surface area contributed by atoms with E-state index in [9.17, 15) is 9.18 Å². The summed E-state index contributed by atoms with van der Waals surface area (Å²) < 4.78 is 19.4. The van der Waals surface area contributed by atoms with E-state index >= 15 is 0 Å². The van der Waals surface area contributed by atoms with Gasteiger partial charge < -0.3 is 4.74 Å². The predicted octanol–water partition coefficient (Wildman–Crippen LogP) is 3.08. The van der Waals surface area contributed by atoms with Crippen molar-refractivity contribution in [2.24, 2.45) is 0 Å². The standard InChI is InChI=1S/C20H21FN2O2/c21-18-9-5-4-8-17(18)13-22-10-11-23-19(24)25-15-20(23,14-22)12-16-6-2-1-3-7-16/h1-9H,10-15H2. The Balaban J connectivity index is 1.56. The lowest BCUT2D eigenvalue weighted by atomic mass is 9.88. The molecule has 2 heterocycles. The zero-order valence-corrected chi connectivity index (χ0v) is 14.0. The van der Waals surface area contributed by atoms with Gasteiger partial charge in [0.25, 0.3) is 0 Å². The summed E-state index contributed by atoms with van der Waals surface area (Å²) >= 11 is 0. The van der Waals surface area contributed by atoms with Crippen LogP contribution < -0.4 is 0 Å². The third-order valence-electron chi connectivity index (χ3n) is 5.14. The molecule has 0 radical (unpaired) electrons. The van der Waals surface area contributed by atoms with E-state index in [-0.39, 0.29) is 17.4 Å². The highest BCUT2D eigenvalue weighted by atomic mass is 19.1. The molecule has 4 rings (SSSR count).